The molecule has 0 aliphatic heterocycles. The molecule has 0 aliphatic carbocycles. The fourth-order valence-electron chi connectivity index (χ4n) is 5.68. The van der Waals surface area contributed by atoms with Gasteiger partial charge in [-0.05, 0) is 68.9 Å². The highest BCUT2D eigenvalue weighted by Crippen LogP contribution is 2.43. The molecule has 6 nitrogen and oxygen atoms in total. The zero-order valence-electron chi connectivity index (χ0n) is 26.8. The molecular formula is C34H52N2O4. The molecule has 0 atom stereocenters. The Bertz CT molecular complexity index is 1140. The van der Waals surface area contributed by atoms with Crippen LogP contribution in [-0.4, -0.2) is 22.0 Å². The average molecular weight is 553 g/mol. The van der Waals surface area contributed by atoms with Crippen LogP contribution in [0, 0.1) is 0 Å². The van der Waals surface area contributed by atoms with Crippen molar-refractivity contribution in [3.63, 3.8) is 0 Å². The number of carbonyl (C=O) groups is 2. The van der Waals surface area contributed by atoms with Gasteiger partial charge < -0.3 is 10.2 Å². The van der Waals surface area contributed by atoms with Crippen LogP contribution in [0.3, 0.4) is 0 Å². The van der Waals surface area contributed by atoms with Gasteiger partial charge in [0.25, 0.3) is 0 Å². The van der Waals surface area contributed by atoms with Crippen molar-refractivity contribution in [3.8, 4) is 11.5 Å². The molecular weight excluding hydrogens is 500 g/mol. The third-order valence-corrected chi connectivity index (χ3v) is 7.12. The minimum Gasteiger partial charge on any atom is -0.508 e. The van der Waals surface area contributed by atoms with Crippen LogP contribution in [0.5, 0.6) is 11.5 Å². The molecule has 0 fully saturated rings. The van der Waals surface area contributed by atoms with E-state index < -0.39 is 0 Å². The van der Waals surface area contributed by atoms with E-state index in [1.54, 1.807) is 12.1 Å². The van der Waals surface area contributed by atoms with Crippen LogP contribution in [0.2, 0.25) is 0 Å². The second-order valence-corrected chi connectivity index (χ2v) is 15.1. The van der Waals surface area contributed by atoms with E-state index in [1.165, 1.54) is 0 Å². The average Bonchev–Trinajstić information content (AvgIpc) is 2.77. The van der Waals surface area contributed by atoms with Gasteiger partial charge in [-0.15, -0.1) is 0 Å². The van der Waals surface area contributed by atoms with Crippen molar-refractivity contribution in [2.45, 2.75) is 130 Å². The van der Waals surface area contributed by atoms with Crippen LogP contribution in [0.25, 0.3) is 0 Å². The zero-order valence-corrected chi connectivity index (χ0v) is 26.8. The molecule has 4 N–H and O–H groups in total. The number of carbonyl (C=O) groups excluding carboxylic acids is 2. The maximum Gasteiger partial charge on any atom is 0.238 e. The van der Waals surface area contributed by atoms with Gasteiger partial charge in [0.1, 0.15) is 11.5 Å². The van der Waals surface area contributed by atoms with Crippen molar-refractivity contribution in [1.29, 1.82) is 0 Å². The summed E-state index contributed by atoms with van der Waals surface area (Å²) < 4.78 is 0. The monoisotopic (exact) mass is 552 g/mol. The number of phenolic OH excluding ortho intramolecular Hbond substituents is 2. The van der Waals surface area contributed by atoms with E-state index >= 15 is 0 Å². The van der Waals surface area contributed by atoms with Gasteiger partial charge in [-0.3, -0.25) is 20.4 Å². The summed E-state index contributed by atoms with van der Waals surface area (Å²) in [5.74, 6) is 0.00812. The normalized spacial score (nSPS) is 12.8. The zero-order chi connectivity index (χ0) is 30.8. The van der Waals surface area contributed by atoms with E-state index in [-0.39, 0.29) is 57.8 Å². The van der Waals surface area contributed by atoms with Crippen molar-refractivity contribution in [3.05, 3.63) is 57.6 Å². The summed E-state index contributed by atoms with van der Waals surface area (Å²) in [6.07, 6.45) is 1.41. The van der Waals surface area contributed by atoms with Crippen molar-refractivity contribution in [2.24, 2.45) is 0 Å². The predicted molar refractivity (Wildman–Crippen MR) is 164 cm³/mol. The SMILES string of the molecule is CC(C)(C)c1c(O)ccc(CCC(=O)NNC(=O)CCc2ccc(O)c(C(C)(C)C)c2C(C)(C)C)c1C(C)(C)C. The number of hydrogen-bond acceptors (Lipinski definition) is 4. The Morgan fingerprint density at radius 1 is 0.525 bits per heavy atom. The number of benzene rings is 2. The summed E-state index contributed by atoms with van der Waals surface area (Å²) in [6, 6.07) is 7.22. The fraction of sp³-hybridized carbons (Fsp3) is 0.588. The van der Waals surface area contributed by atoms with Gasteiger partial charge in [-0.2, -0.15) is 0 Å². The Kier molecular flexibility index (Phi) is 9.82. The van der Waals surface area contributed by atoms with E-state index in [4.69, 9.17) is 0 Å². The lowest BCUT2D eigenvalue weighted by Crippen LogP contribution is -2.42. The molecule has 0 heterocycles. The molecule has 2 amide bonds. The largest absolute Gasteiger partial charge is 0.508 e. The highest BCUT2D eigenvalue weighted by molar-refractivity contribution is 5.82. The lowest BCUT2D eigenvalue weighted by molar-refractivity contribution is -0.128. The van der Waals surface area contributed by atoms with E-state index in [0.717, 1.165) is 33.4 Å². The molecule has 222 valence electrons. The quantitative estimate of drug-likeness (QED) is 0.290. The number of aromatic hydroxyl groups is 2. The Morgan fingerprint density at radius 2 is 0.800 bits per heavy atom. The highest BCUT2D eigenvalue weighted by Gasteiger charge is 2.32. The molecule has 0 saturated heterocycles. The molecule has 0 bridgehead atoms. The first-order valence-electron chi connectivity index (χ1n) is 14.3. The topological polar surface area (TPSA) is 98.7 Å². The van der Waals surface area contributed by atoms with Crippen molar-refractivity contribution in [2.75, 3.05) is 0 Å². The molecule has 2 aromatic carbocycles. The first-order chi connectivity index (χ1) is 18.0. The van der Waals surface area contributed by atoms with Gasteiger partial charge in [-0.1, -0.05) is 95.2 Å². The van der Waals surface area contributed by atoms with Crippen LogP contribution in [0.1, 0.15) is 129 Å². The molecule has 0 saturated carbocycles. The van der Waals surface area contributed by atoms with Crippen LogP contribution in [0.15, 0.2) is 24.3 Å². The number of nitrogens with one attached hydrogen (secondary N) is 2. The van der Waals surface area contributed by atoms with E-state index in [2.05, 4.69) is 93.9 Å². The predicted octanol–water partition coefficient (Wildman–Crippen LogP) is 7.00. The summed E-state index contributed by atoms with van der Waals surface area (Å²) in [7, 11) is 0. The first-order valence-corrected chi connectivity index (χ1v) is 14.3. The van der Waals surface area contributed by atoms with Crippen molar-refractivity contribution < 1.29 is 19.8 Å². The van der Waals surface area contributed by atoms with Gasteiger partial charge in [0.15, 0.2) is 0 Å². The van der Waals surface area contributed by atoms with Crippen LogP contribution in [-0.2, 0) is 44.1 Å². The van der Waals surface area contributed by atoms with E-state index in [1.807, 2.05) is 12.1 Å². The van der Waals surface area contributed by atoms with Crippen molar-refractivity contribution in [1.82, 2.24) is 10.9 Å². The Morgan fingerprint density at radius 3 is 1.05 bits per heavy atom. The summed E-state index contributed by atoms with van der Waals surface area (Å²) >= 11 is 0. The number of hydrazine groups is 1. The first kappa shape index (κ1) is 33.2. The smallest absolute Gasteiger partial charge is 0.238 e. The van der Waals surface area contributed by atoms with Gasteiger partial charge in [0.2, 0.25) is 11.8 Å². The number of phenols is 2. The number of rotatable bonds is 6. The molecule has 0 aromatic heterocycles. The molecule has 0 unspecified atom stereocenters. The van der Waals surface area contributed by atoms with Crippen LogP contribution < -0.4 is 10.9 Å². The van der Waals surface area contributed by atoms with Crippen LogP contribution in [0.4, 0.5) is 0 Å². The second-order valence-electron chi connectivity index (χ2n) is 15.1. The lowest BCUT2D eigenvalue weighted by Gasteiger charge is -2.33. The third kappa shape index (κ3) is 8.25. The second kappa shape index (κ2) is 11.8. The third-order valence-electron chi connectivity index (χ3n) is 7.12. The minimum absolute atomic E-state index is 0.207. The number of aryl methyl sites for hydroxylation is 2. The minimum atomic E-state index is -0.270. The molecule has 6 heteroatoms. The Balaban J connectivity index is 2.09. The number of amides is 2. The maximum absolute atomic E-state index is 12.7. The maximum atomic E-state index is 12.7. The van der Waals surface area contributed by atoms with Crippen molar-refractivity contribution >= 4 is 11.8 Å². The fourth-order valence-corrected chi connectivity index (χ4v) is 5.68. The van der Waals surface area contributed by atoms with Gasteiger partial charge in [0, 0.05) is 24.0 Å². The molecule has 0 aliphatic rings. The standard InChI is InChI=1S/C34H52N2O4/c1-31(2,3)27-21(13-17-23(37)29(27)33(7,8)9)15-19-25(39)35-36-26(40)20-16-22-14-18-24(38)30(34(10,11)12)28(22)32(4,5)6/h13-14,17-18,37-38H,15-16,19-20H2,1-12H3,(H,35,39)(H,36,40). The molecule has 0 spiro atoms. The van der Waals surface area contributed by atoms with Gasteiger partial charge >= 0.3 is 0 Å². The van der Waals surface area contributed by atoms with E-state index in [9.17, 15) is 19.8 Å². The summed E-state index contributed by atoms with van der Waals surface area (Å²) in [5.41, 5.74) is 10.2. The Hall–Kier alpha value is -3.02. The Labute approximate surface area is 241 Å². The number of hydrogen-bond donors (Lipinski definition) is 4. The summed E-state index contributed by atoms with van der Waals surface area (Å²) in [6.45, 7) is 25.2. The summed E-state index contributed by atoms with van der Waals surface area (Å²) in [4.78, 5) is 25.4. The van der Waals surface area contributed by atoms with Crippen LogP contribution >= 0.6 is 0 Å². The molecule has 0 radical (unpaired) electrons. The van der Waals surface area contributed by atoms with E-state index in [0.29, 0.717) is 12.8 Å². The summed E-state index contributed by atoms with van der Waals surface area (Å²) in [5, 5.41) is 21.3. The highest BCUT2D eigenvalue weighted by atomic mass is 16.3. The van der Waals surface area contributed by atoms with Gasteiger partial charge in [0.05, 0.1) is 0 Å². The van der Waals surface area contributed by atoms with Gasteiger partial charge in [-0.25, -0.2) is 0 Å². The molecule has 40 heavy (non-hydrogen) atoms. The lowest BCUT2D eigenvalue weighted by atomic mass is 9.72. The molecule has 2 aromatic rings. The molecule has 2 rings (SSSR count).